The molecule has 7 heteroatoms. The first kappa shape index (κ1) is 21.9. The highest BCUT2D eigenvalue weighted by atomic mass is 35.5. The van der Waals surface area contributed by atoms with Crippen LogP contribution in [0.4, 0.5) is 0 Å². The first-order valence-electron chi connectivity index (χ1n) is 9.94. The minimum absolute atomic E-state index is 0.0970. The van der Waals surface area contributed by atoms with Crippen molar-refractivity contribution in [2.45, 2.75) is 25.4 Å². The van der Waals surface area contributed by atoms with Crippen molar-refractivity contribution in [2.75, 3.05) is 19.7 Å². The fraction of sp³-hybridized carbons (Fsp3) is 0.304. The second-order valence-corrected chi connectivity index (χ2v) is 7.78. The fourth-order valence-electron chi connectivity index (χ4n) is 3.33. The van der Waals surface area contributed by atoms with Crippen molar-refractivity contribution < 1.29 is 14.3 Å². The van der Waals surface area contributed by atoms with Crippen molar-refractivity contribution in [1.82, 2.24) is 10.2 Å². The number of piperidine rings is 1. The van der Waals surface area contributed by atoms with Gasteiger partial charge in [0.2, 0.25) is 5.91 Å². The van der Waals surface area contributed by atoms with Crippen LogP contribution in [0.25, 0.3) is 6.08 Å². The number of ether oxygens (including phenoxy) is 1. The van der Waals surface area contributed by atoms with Crippen LogP contribution in [0.1, 0.15) is 24.0 Å². The van der Waals surface area contributed by atoms with Crippen LogP contribution in [0, 0.1) is 0 Å². The van der Waals surface area contributed by atoms with E-state index in [0.717, 1.165) is 43.1 Å². The summed E-state index contributed by atoms with van der Waals surface area (Å²) in [5, 5.41) is 3.83. The van der Waals surface area contributed by atoms with E-state index in [2.05, 4.69) is 22.3 Å². The Labute approximate surface area is 181 Å². The summed E-state index contributed by atoms with van der Waals surface area (Å²) in [6.07, 6.45) is 5.15. The van der Waals surface area contributed by atoms with Crippen molar-refractivity contribution in [3.05, 3.63) is 70.8 Å². The number of carbonyl (C=O) groups excluding carboxylic acids is 2. The average Bonchev–Trinajstić information content (AvgIpc) is 2.74. The Balaban J connectivity index is 1.40. The van der Waals surface area contributed by atoms with Gasteiger partial charge in [-0.2, -0.15) is 0 Å². The van der Waals surface area contributed by atoms with E-state index in [1.807, 2.05) is 24.3 Å². The van der Waals surface area contributed by atoms with Gasteiger partial charge in [-0.3, -0.25) is 14.5 Å². The van der Waals surface area contributed by atoms with Crippen LogP contribution in [-0.2, 0) is 16.1 Å². The summed E-state index contributed by atoms with van der Waals surface area (Å²) in [6.45, 7) is 2.64. The summed E-state index contributed by atoms with van der Waals surface area (Å²) in [6, 6.07) is 15.2. The molecule has 0 spiro atoms. The number of likely N-dealkylation sites (tertiary alicyclic amines) is 1. The number of nitrogens with two attached hydrogens (primary N) is 1. The lowest BCUT2D eigenvalue weighted by Gasteiger charge is -2.32. The lowest BCUT2D eigenvalue weighted by atomic mass is 10.0. The maximum atomic E-state index is 12.2. The molecule has 1 fully saturated rings. The van der Waals surface area contributed by atoms with E-state index in [-0.39, 0.29) is 18.6 Å². The van der Waals surface area contributed by atoms with E-state index >= 15 is 0 Å². The summed E-state index contributed by atoms with van der Waals surface area (Å²) in [7, 11) is 0. The van der Waals surface area contributed by atoms with E-state index in [0.29, 0.717) is 5.75 Å². The molecule has 1 aliphatic heterocycles. The number of carbonyl (C=O) groups is 2. The molecule has 0 radical (unpaired) electrons. The molecule has 1 heterocycles. The number of halogens is 1. The normalized spacial score (nSPS) is 15.2. The van der Waals surface area contributed by atoms with Gasteiger partial charge in [0.1, 0.15) is 5.75 Å². The zero-order valence-corrected chi connectivity index (χ0v) is 17.5. The Kier molecular flexibility index (Phi) is 7.88. The molecule has 2 aromatic rings. The van der Waals surface area contributed by atoms with Crippen molar-refractivity contribution >= 4 is 29.5 Å². The van der Waals surface area contributed by atoms with Crippen molar-refractivity contribution in [2.24, 2.45) is 5.73 Å². The van der Waals surface area contributed by atoms with Crippen LogP contribution in [0.3, 0.4) is 0 Å². The summed E-state index contributed by atoms with van der Waals surface area (Å²) < 4.78 is 5.21. The molecule has 2 amide bonds. The minimum Gasteiger partial charge on any atom is -0.484 e. The molecule has 3 N–H and O–H groups in total. The molecule has 0 aromatic heterocycles. The second-order valence-electron chi connectivity index (χ2n) is 7.34. The molecule has 0 bridgehead atoms. The zero-order chi connectivity index (χ0) is 21.3. The standard InChI is InChI=1S/C23H26ClN3O3/c24-19-6-1-18(2-7-19)15-27-13-11-20(12-14-27)26-23(29)10-5-17-3-8-21(9-4-17)30-16-22(25)28/h1-10,20H,11-16H2,(H2,25,28)(H,26,29)/b10-5+. The number of benzene rings is 2. The molecule has 6 nitrogen and oxygen atoms in total. The van der Waals surface area contributed by atoms with Gasteiger partial charge in [-0.05, 0) is 54.3 Å². The summed E-state index contributed by atoms with van der Waals surface area (Å²) >= 11 is 5.94. The SMILES string of the molecule is NC(=O)COc1ccc(/C=C/C(=O)NC2CCN(Cc3ccc(Cl)cc3)CC2)cc1. The van der Waals surface area contributed by atoms with E-state index in [4.69, 9.17) is 22.1 Å². The van der Waals surface area contributed by atoms with Crippen LogP contribution >= 0.6 is 11.6 Å². The van der Waals surface area contributed by atoms with Crippen molar-refractivity contribution in [3.63, 3.8) is 0 Å². The largest absolute Gasteiger partial charge is 0.484 e. The number of hydrogen-bond donors (Lipinski definition) is 2. The van der Waals surface area contributed by atoms with Gasteiger partial charge in [0.25, 0.3) is 5.91 Å². The Bertz CT molecular complexity index is 874. The third-order valence-electron chi connectivity index (χ3n) is 4.94. The van der Waals surface area contributed by atoms with Crippen molar-refractivity contribution in [3.8, 4) is 5.75 Å². The summed E-state index contributed by atoms with van der Waals surface area (Å²) in [5.74, 6) is -0.0626. The Morgan fingerprint density at radius 1 is 1.10 bits per heavy atom. The topological polar surface area (TPSA) is 84.7 Å². The first-order chi connectivity index (χ1) is 14.5. The quantitative estimate of drug-likeness (QED) is 0.634. The maximum absolute atomic E-state index is 12.2. The molecule has 30 heavy (non-hydrogen) atoms. The molecule has 0 atom stereocenters. The summed E-state index contributed by atoms with van der Waals surface area (Å²) in [4.78, 5) is 25.4. The highest BCUT2D eigenvalue weighted by Crippen LogP contribution is 2.16. The van der Waals surface area contributed by atoms with Crippen molar-refractivity contribution in [1.29, 1.82) is 0 Å². The molecular weight excluding hydrogens is 402 g/mol. The molecule has 2 aromatic carbocycles. The monoisotopic (exact) mass is 427 g/mol. The van der Waals surface area contributed by atoms with Gasteiger partial charge in [-0.25, -0.2) is 0 Å². The fourth-order valence-corrected chi connectivity index (χ4v) is 3.46. The molecule has 1 saturated heterocycles. The van der Waals surface area contributed by atoms with Gasteiger partial charge in [0.05, 0.1) is 0 Å². The lowest BCUT2D eigenvalue weighted by molar-refractivity contribution is -0.120. The Hall–Kier alpha value is -2.83. The minimum atomic E-state index is -0.522. The van der Waals surface area contributed by atoms with Gasteiger partial charge >= 0.3 is 0 Å². The molecule has 0 unspecified atom stereocenters. The number of nitrogens with zero attached hydrogens (tertiary/aromatic N) is 1. The van der Waals surface area contributed by atoms with E-state index < -0.39 is 5.91 Å². The number of rotatable bonds is 8. The van der Waals surface area contributed by atoms with E-state index in [1.165, 1.54) is 5.56 Å². The Morgan fingerprint density at radius 2 is 1.77 bits per heavy atom. The predicted molar refractivity (Wildman–Crippen MR) is 118 cm³/mol. The Morgan fingerprint density at radius 3 is 2.40 bits per heavy atom. The highest BCUT2D eigenvalue weighted by molar-refractivity contribution is 6.30. The number of nitrogens with one attached hydrogen (secondary N) is 1. The molecule has 3 rings (SSSR count). The van der Waals surface area contributed by atoms with Crippen LogP contribution in [0.15, 0.2) is 54.6 Å². The average molecular weight is 428 g/mol. The van der Waals surface area contributed by atoms with E-state index in [9.17, 15) is 9.59 Å². The number of hydrogen-bond acceptors (Lipinski definition) is 4. The van der Waals surface area contributed by atoms with Gasteiger partial charge in [0.15, 0.2) is 6.61 Å². The third kappa shape index (κ3) is 7.21. The van der Waals surface area contributed by atoms with Crippen LogP contribution in [-0.4, -0.2) is 42.5 Å². The molecule has 0 aliphatic carbocycles. The zero-order valence-electron chi connectivity index (χ0n) is 16.7. The second kappa shape index (κ2) is 10.8. The smallest absolute Gasteiger partial charge is 0.255 e. The van der Waals surface area contributed by atoms with Crippen LogP contribution < -0.4 is 15.8 Å². The van der Waals surface area contributed by atoms with Gasteiger partial charge < -0.3 is 15.8 Å². The van der Waals surface area contributed by atoms with E-state index in [1.54, 1.807) is 24.3 Å². The van der Waals surface area contributed by atoms with Gasteiger partial charge in [-0.15, -0.1) is 0 Å². The van der Waals surface area contributed by atoms with Crippen LogP contribution in [0.2, 0.25) is 5.02 Å². The molecule has 0 saturated carbocycles. The molecule has 158 valence electrons. The molecule has 1 aliphatic rings. The third-order valence-corrected chi connectivity index (χ3v) is 5.19. The maximum Gasteiger partial charge on any atom is 0.255 e. The molecular formula is C23H26ClN3O3. The van der Waals surface area contributed by atoms with Crippen LogP contribution in [0.5, 0.6) is 5.75 Å². The predicted octanol–water partition coefficient (Wildman–Crippen LogP) is 3.00. The van der Waals surface area contributed by atoms with Gasteiger partial charge in [-0.1, -0.05) is 35.9 Å². The van der Waals surface area contributed by atoms with Gasteiger partial charge in [0, 0.05) is 36.8 Å². The highest BCUT2D eigenvalue weighted by Gasteiger charge is 2.20. The summed E-state index contributed by atoms with van der Waals surface area (Å²) in [5.41, 5.74) is 7.16. The number of amides is 2. The lowest BCUT2D eigenvalue weighted by Crippen LogP contribution is -2.43. The number of primary amides is 1. The first-order valence-corrected chi connectivity index (χ1v) is 10.3.